The van der Waals surface area contributed by atoms with Crippen LogP contribution in [0.2, 0.25) is 0 Å². The zero-order valence-electron chi connectivity index (χ0n) is 35.7. The lowest BCUT2D eigenvalue weighted by atomic mass is 10.0. The number of unbranched alkanes of at least 4 members (excludes halogenated alkanes) is 22. The molecule has 0 bridgehead atoms. The Morgan fingerprint density at radius 2 is 0.574 bits per heavy atom. The summed E-state index contributed by atoms with van der Waals surface area (Å²) < 4.78 is 21.0. The summed E-state index contributed by atoms with van der Waals surface area (Å²) in [5.74, 6) is 1.02. The molecule has 0 saturated heterocycles. The van der Waals surface area contributed by atoms with Gasteiger partial charge in [0.2, 0.25) is 0 Å². The van der Waals surface area contributed by atoms with E-state index < -0.39 is 18.3 Å². The number of hydrogen-bond acceptors (Lipinski definition) is 9. The molecule has 0 aliphatic carbocycles. The molecule has 2 unspecified atom stereocenters. The summed E-state index contributed by atoms with van der Waals surface area (Å²) in [4.78, 5) is 24.0. The molecule has 0 fully saturated rings. The van der Waals surface area contributed by atoms with Crippen molar-refractivity contribution in [3.63, 3.8) is 0 Å². The average Bonchev–Trinajstić information content (AvgIpc) is 3.13. The Balaban J connectivity index is 3.52. The summed E-state index contributed by atoms with van der Waals surface area (Å²) in [5, 5.41) is 30.1. The summed E-state index contributed by atoms with van der Waals surface area (Å²) >= 11 is 0. The minimum atomic E-state index is -0.979. The first kappa shape index (κ1) is 52.7. The largest absolute Gasteiger partial charge is 0.463 e. The number of carbonyl (C=O) groups is 2. The van der Waals surface area contributed by atoms with Crippen molar-refractivity contribution in [1.82, 2.24) is 0 Å². The van der Waals surface area contributed by atoms with Crippen molar-refractivity contribution in [2.75, 3.05) is 39.6 Å². The maximum Gasteiger partial charge on any atom is 0.305 e. The standard InChI is InChI=1S/C45H88O9/c1-39(2)29-25-21-17-13-9-5-7-11-15-19-23-27-31-44(49)53-37-42(47)35-51-33-41(46)34-52-36-43(48)38-54-45(50)32-28-24-20-16-12-8-6-10-14-18-22-26-30-40(3)4/h39-43,46-48H,5-38H2,1-4H3. The van der Waals surface area contributed by atoms with Gasteiger partial charge in [0.05, 0.1) is 26.4 Å². The van der Waals surface area contributed by atoms with Gasteiger partial charge in [-0.25, -0.2) is 0 Å². The first-order chi connectivity index (χ1) is 26.1. The Morgan fingerprint density at radius 3 is 0.833 bits per heavy atom. The van der Waals surface area contributed by atoms with Gasteiger partial charge in [-0.15, -0.1) is 0 Å². The van der Waals surface area contributed by atoms with Crippen LogP contribution in [0.15, 0.2) is 0 Å². The van der Waals surface area contributed by atoms with E-state index in [9.17, 15) is 24.9 Å². The van der Waals surface area contributed by atoms with Gasteiger partial charge >= 0.3 is 11.9 Å². The molecule has 0 radical (unpaired) electrons. The topological polar surface area (TPSA) is 132 Å². The molecule has 0 aromatic carbocycles. The third kappa shape index (κ3) is 41.9. The molecular weight excluding hydrogens is 684 g/mol. The van der Waals surface area contributed by atoms with E-state index in [1.54, 1.807) is 0 Å². The number of aliphatic hydroxyl groups is 3. The molecule has 0 heterocycles. The molecule has 0 amide bonds. The van der Waals surface area contributed by atoms with Gasteiger partial charge in [0.25, 0.3) is 0 Å². The van der Waals surface area contributed by atoms with Crippen molar-refractivity contribution in [2.45, 2.75) is 226 Å². The summed E-state index contributed by atoms with van der Waals surface area (Å²) in [5.41, 5.74) is 0. The highest BCUT2D eigenvalue weighted by atomic mass is 16.6. The first-order valence-corrected chi connectivity index (χ1v) is 22.6. The fourth-order valence-corrected chi connectivity index (χ4v) is 6.53. The maximum atomic E-state index is 12.0. The first-order valence-electron chi connectivity index (χ1n) is 22.6. The van der Waals surface area contributed by atoms with Crippen molar-refractivity contribution < 1.29 is 43.9 Å². The molecular formula is C45H88O9. The fourth-order valence-electron chi connectivity index (χ4n) is 6.53. The lowest BCUT2D eigenvalue weighted by Crippen LogP contribution is -2.30. The van der Waals surface area contributed by atoms with Crippen LogP contribution in [0, 0.1) is 11.8 Å². The monoisotopic (exact) mass is 773 g/mol. The smallest absolute Gasteiger partial charge is 0.305 e. The zero-order valence-corrected chi connectivity index (χ0v) is 35.7. The summed E-state index contributed by atoms with van der Waals surface area (Å²) in [6, 6.07) is 0. The normalized spacial score (nSPS) is 13.4. The molecule has 0 aliphatic heterocycles. The number of esters is 2. The van der Waals surface area contributed by atoms with Gasteiger partial charge < -0.3 is 34.3 Å². The average molecular weight is 773 g/mol. The summed E-state index contributed by atoms with van der Waals surface area (Å²) in [6.07, 6.45) is 30.3. The van der Waals surface area contributed by atoms with Crippen LogP contribution in [0.4, 0.5) is 0 Å². The molecule has 0 aromatic heterocycles. The predicted octanol–water partition coefficient (Wildman–Crippen LogP) is 10.4. The lowest BCUT2D eigenvalue weighted by Gasteiger charge is -2.16. The van der Waals surface area contributed by atoms with E-state index in [-0.39, 0.29) is 51.6 Å². The fraction of sp³-hybridized carbons (Fsp3) is 0.956. The Morgan fingerprint density at radius 1 is 0.352 bits per heavy atom. The number of ether oxygens (including phenoxy) is 4. The van der Waals surface area contributed by atoms with Gasteiger partial charge in [-0.3, -0.25) is 9.59 Å². The molecule has 0 spiro atoms. The highest BCUT2D eigenvalue weighted by Crippen LogP contribution is 2.16. The van der Waals surface area contributed by atoms with E-state index in [0.29, 0.717) is 12.8 Å². The van der Waals surface area contributed by atoms with E-state index in [0.717, 1.165) is 50.4 Å². The predicted molar refractivity (Wildman–Crippen MR) is 221 cm³/mol. The Bertz CT molecular complexity index is 742. The van der Waals surface area contributed by atoms with Gasteiger partial charge in [0, 0.05) is 12.8 Å². The van der Waals surface area contributed by atoms with Crippen molar-refractivity contribution in [2.24, 2.45) is 11.8 Å². The van der Waals surface area contributed by atoms with E-state index in [1.165, 1.54) is 128 Å². The van der Waals surface area contributed by atoms with Gasteiger partial charge in [0.1, 0.15) is 31.5 Å². The summed E-state index contributed by atoms with van der Waals surface area (Å²) in [6.45, 7) is 8.58. The van der Waals surface area contributed by atoms with Crippen LogP contribution in [0.1, 0.15) is 207 Å². The minimum absolute atomic E-state index is 0.0762. The second-order valence-electron chi connectivity index (χ2n) is 16.8. The molecule has 54 heavy (non-hydrogen) atoms. The number of hydrogen-bond donors (Lipinski definition) is 3. The third-order valence-electron chi connectivity index (χ3n) is 9.94. The van der Waals surface area contributed by atoms with Crippen molar-refractivity contribution in [3.05, 3.63) is 0 Å². The van der Waals surface area contributed by atoms with E-state index >= 15 is 0 Å². The van der Waals surface area contributed by atoms with E-state index in [4.69, 9.17) is 18.9 Å². The quantitative estimate of drug-likeness (QED) is 0.0410. The van der Waals surface area contributed by atoms with Crippen LogP contribution in [0.5, 0.6) is 0 Å². The van der Waals surface area contributed by atoms with Crippen LogP contribution >= 0.6 is 0 Å². The molecule has 322 valence electrons. The highest BCUT2D eigenvalue weighted by molar-refractivity contribution is 5.69. The summed E-state index contributed by atoms with van der Waals surface area (Å²) in [7, 11) is 0. The highest BCUT2D eigenvalue weighted by Gasteiger charge is 2.13. The molecule has 2 atom stereocenters. The Labute approximate surface area is 332 Å². The third-order valence-corrected chi connectivity index (χ3v) is 9.94. The second-order valence-corrected chi connectivity index (χ2v) is 16.8. The van der Waals surface area contributed by atoms with Crippen molar-refractivity contribution in [3.8, 4) is 0 Å². The van der Waals surface area contributed by atoms with Crippen LogP contribution in [-0.2, 0) is 28.5 Å². The van der Waals surface area contributed by atoms with Gasteiger partial charge in [-0.05, 0) is 24.7 Å². The molecule has 0 saturated carbocycles. The van der Waals surface area contributed by atoms with Crippen LogP contribution in [0.25, 0.3) is 0 Å². The van der Waals surface area contributed by atoms with Gasteiger partial charge in [0.15, 0.2) is 0 Å². The number of rotatable bonds is 42. The number of carbonyl (C=O) groups excluding carboxylic acids is 2. The van der Waals surface area contributed by atoms with E-state index in [1.807, 2.05) is 0 Å². The van der Waals surface area contributed by atoms with E-state index in [2.05, 4.69) is 27.7 Å². The molecule has 9 nitrogen and oxygen atoms in total. The molecule has 3 N–H and O–H groups in total. The second kappa shape index (κ2) is 40.0. The molecule has 9 heteroatoms. The minimum Gasteiger partial charge on any atom is -0.463 e. The van der Waals surface area contributed by atoms with Crippen LogP contribution in [0.3, 0.4) is 0 Å². The molecule has 0 rings (SSSR count). The molecule has 0 aromatic rings. The Hall–Kier alpha value is -1.26. The van der Waals surface area contributed by atoms with Crippen LogP contribution in [-0.4, -0.2) is 85.2 Å². The van der Waals surface area contributed by atoms with Crippen molar-refractivity contribution >= 4 is 11.9 Å². The van der Waals surface area contributed by atoms with Crippen LogP contribution < -0.4 is 0 Å². The maximum absolute atomic E-state index is 12.0. The van der Waals surface area contributed by atoms with Crippen molar-refractivity contribution in [1.29, 1.82) is 0 Å². The SMILES string of the molecule is CC(C)CCCCCCCCCCCCCCC(=O)OCC(O)COCC(O)COCC(O)COC(=O)CCCCCCCCCCCCCCC(C)C. The number of aliphatic hydroxyl groups excluding tert-OH is 3. The van der Waals surface area contributed by atoms with Gasteiger partial charge in [-0.2, -0.15) is 0 Å². The lowest BCUT2D eigenvalue weighted by molar-refractivity contribution is -0.148. The van der Waals surface area contributed by atoms with Gasteiger partial charge in [-0.1, -0.05) is 182 Å². The zero-order chi connectivity index (χ0) is 39.9. The Kier molecular flexibility index (Phi) is 39.0. The molecule has 0 aliphatic rings.